The third kappa shape index (κ3) is 4.13. The van der Waals surface area contributed by atoms with Crippen molar-refractivity contribution < 1.29 is 20.4 Å². The topological polar surface area (TPSA) is 80.9 Å². The van der Waals surface area contributed by atoms with E-state index < -0.39 is 0 Å². The Hall–Kier alpha value is -2.82. The van der Waals surface area contributed by atoms with E-state index in [-0.39, 0.29) is 35.5 Å². The molecule has 4 heteroatoms. The molecule has 32 heavy (non-hydrogen) atoms. The lowest BCUT2D eigenvalue weighted by atomic mass is 9.74. The smallest absolute Gasteiger partial charge is 0.124 e. The molecule has 0 amide bonds. The summed E-state index contributed by atoms with van der Waals surface area (Å²) in [5.41, 5.74) is 6.26. The molecule has 3 aromatic rings. The molecule has 0 aliphatic heterocycles. The van der Waals surface area contributed by atoms with Crippen LogP contribution in [0.5, 0.6) is 11.5 Å². The summed E-state index contributed by atoms with van der Waals surface area (Å²) in [6.45, 7) is 11.8. The minimum atomic E-state index is -0.315. The average Bonchev–Trinajstić information content (AvgIpc) is 2.77. The van der Waals surface area contributed by atoms with Crippen LogP contribution in [0.1, 0.15) is 72.2 Å². The SMILES string of the molecule is Cc1cc(C(C)(C)c2ccc(C(C)(C)c3cc(C)c(O)c(CO)c3)cc2)cc(CO)c1O. The van der Waals surface area contributed by atoms with Crippen LogP contribution in [-0.2, 0) is 24.0 Å². The fraction of sp³-hybridized carbons (Fsp3) is 0.357. The first kappa shape index (κ1) is 23.8. The van der Waals surface area contributed by atoms with Gasteiger partial charge in [-0.2, -0.15) is 0 Å². The van der Waals surface area contributed by atoms with Gasteiger partial charge in [0.2, 0.25) is 0 Å². The highest BCUT2D eigenvalue weighted by Gasteiger charge is 2.28. The van der Waals surface area contributed by atoms with Crippen molar-refractivity contribution in [3.05, 3.63) is 93.0 Å². The van der Waals surface area contributed by atoms with E-state index in [2.05, 4.69) is 52.0 Å². The Kier molecular flexibility index (Phi) is 6.41. The number of phenols is 2. The van der Waals surface area contributed by atoms with Gasteiger partial charge in [0, 0.05) is 22.0 Å². The zero-order valence-electron chi connectivity index (χ0n) is 19.8. The Labute approximate surface area is 190 Å². The Morgan fingerprint density at radius 2 is 0.875 bits per heavy atom. The summed E-state index contributed by atoms with van der Waals surface area (Å²) >= 11 is 0. The van der Waals surface area contributed by atoms with Crippen LogP contribution in [0.3, 0.4) is 0 Å². The third-order valence-corrected chi connectivity index (χ3v) is 6.87. The summed E-state index contributed by atoms with van der Waals surface area (Å²) in [4.78, 5) is 0. The fourth-order valence-corrected chi connectivity index (χ4v) is 4.30. The van der Waals surface area contributed by atoms with E-state index in [1.807, 2.05) is 38.1 Å². The van der Waals surface area contributed by atoms with Gasteiger partial charge in [-0.3, -0.25) is 0 Å². The minimum absolute atomic E-state index is 0.149. The second-order valence-electron chi connectivity index (χ2n) is 9.75. The van der Waals surface area contributed by atoms with Gasteiger partial charge in [-0.1, -0.05) is 64.1 Å². The van der Waals surface area contributed by atoms with Crippen LogP contribution in [0.15, 0.2) is 48.5 Å². The highest BCUT2D eigenvalue weighted by Crippen LogP contribution is 2.39. The predicted molar refractivity (Wildman–Crippen MR) is 128 cm³/mol. The molecule has 0 saturated carbocycles. The zero-order chi connectivity index (χ0) is 23.8. The number of aryl methyl sites for hydroxylation is 2. The van der Waals surface area contributed by atoms with E-state index in [1.54, 1.807) is 0 Å². The second-order valence-corrected chi connectivity index (χ2v) is 9.75. The van der Waals surface area contributed by atoms with Crippen molar-refractivity contribution in [1.82, 2.24) is 0 Å². The molecule has 0 saturated heterocycles. The average molecular weight is 435 g/mol. The molecule has 0 atom stereocenters. The largest absolute Gasteiger partial charge is 0.507 e. The monoisotopic (exact) mass is 434 g/mol. The maximum absolute atomic E-state index is 10.2. The van der Waals surface area contributed by atoms with Gasteiger partial charge < -0.3 is 20.4 Å². The van der Waals surface area contributed by atoms with Gasteiger partial charge in [-0.15, -0.1) is 0 Å². The van der Waals surface area contributed by atoms with Crippen LogP contribution in [0.25, 0.3) is 0 Å². The molecule has 0 aliphatic rings. The normalized spacial score (nSPS) is 12.2. The Morgan fingerprint density at radius 3 is 1.16 bits per heavy atom. The maximum Gasteiger partial charge on any atom is 0.124 e. The van der Waals surface area contributed by atoms with Crippen LogP contribution in [-0.4, -0.2) is 20.4 Å². The summed E-state index contributed by atoms with van der Waals surface area (Å²) in [5.74, 6) is 0.297. The van der Waals surface area contributed by atoms with Crippen LogP contribution >= 0.6 is 0 Å². The standard InChI is InChI=1S/C28H34O4/c1-17-11-23(13-19(15-29)25(17)31)27(3,4)21-7-9-22(10-8-21)28(5,6)24-12-18(2)26(32)20(14-24)16-30/h7-14,29-32H,15-16H2,1-6H3. The molecule has 0 fully saturated rings. The molecule has 0 heterocycles. The molecule has 3 aromatic carbocycles. The molecule has 0 aromatic heterocycles. The highest BCUT2D eigenvalue weighted by atomic mass is 16.3. The van der Waals surface area contributed by atoms with E-state index >= 15 is 0 Å². The number of aliphatic hydroxyl groups is 2. The molecule has 0 bridgehead atoms. The quantitative estimate of drug-likeness (QED) is 0.422. The number of rotatable bonds is 6. The van der Waals surface area contributed by atoms with Crippen LogP contribution in [0.4, 0.5) is 0 Å². The first-order chi connectivity index (χ1) is 14.9. The van der Waals surface area contributed by atoms with E-state index in [1.165, 1.54) is 0 Å². The van der Waals surface area contributed by atoms with E-state index in [0.717, 1.165) is 33.4 Å². The van der Waals surface area contributed by atoms with Gasteiger partial charge in [0.15, 0.2) is 0 Å². The van der Waals surface area contributed by atoms with E-state index in [9.17, 15) is 20.4 Å². The molecular weight excluding hydrogens is 400 g/mol. The van der Waals surface area contributed by atoms with Crippen LogP contribution in [0, 0.1) is 13.8 Å². The molecule has 0 spiro atoms. The summed E-state index contributed by atoms with van der Waals surface area (Å²) in [7, 11) is 0. The summed E-state index contributed by atoms with van der Waals surface area (Å²) < 4.78 is 0. The number of aromatic hydroxyl groups is 2. The van der Waals surface area contributed by atoms with Gasteiger partial charge >= 0.3 is 0 Å². The number of hydrogen-bond donors (Lipinski definition) is 4. The maximum atomic E-state index is 10.2. The van der Waals surface area contributed by atoms with Crippen molar-refractivity contribution in [2.45, 2.75) is 65.6 Å². The molecule has 170 valence electrons. The van der Waals surface area contributed by atoms with Crippen molar-refractivity contribution in [1.29, 1.82) is 0 Å². The number of hydrogen-bond acceptors (Lipinski definition) is 4. The predicted octanol–water partition coefficient (Wildman–Crippen LogP) is 5.35. The Bertz CT molecular complexity index is 1030. The molecule has 0 unspecified atom stereocenters. The zero-order valence-corrected chi connectivity index (χ0v) is 19.8. The first-order valence-electron chi connectivity index (χ1n) is 10.9. The number of benzene rings is 3. The van der Waals surface area contributed by atoms with Crippen molar-refractivity contribution in [3.8, 4) is 11.5 Å². The van der Waals surface area contributed by atoms with Crippen LogP contribution in [0.2, 0.25) is 0 Å². The summed E-state index contributed by atoms with van der Waals surface area (Å²) in [6, 6.07) is 16.2. The third-order valence-electron chi connectivity index (χ3n) is 6.87. The van der Waals surface area contributed by atoms with Gasteiger partial charge in [-0.25, -0.2) is 0 Å². The Morgan fingerprint density at radius 1 is 0.562 bits per heavy atom. The van der Waals surface area contributed by atoms with Crippen molar-refractivity contribution >= 4 is 0 Å². The summed E-state index contributed by atoms with van der Waals surface area (Å²) in [5, 5.41) is 39.6. The molecular formula is C28H34O4. The van der Waals surface area contributed by atoms with E-state index in [0.29, 0.717) is 11.1 Å². The van der Waals surface area contributed by atoms with Crippen molar-refractivity contribution in [2.75, 3.05) is 0 Å². The molecule has 0 radical (unpaired) electrons. The Balaban J connectivity index is 2.00. The molecule has 0 aliphatic carbocycles. The summed E-state index contributed by atoms with van der Waals surface area (Å²) in [6.07, 6.45) is 0. The second kappa shape index (κ2) is 8.61. The van der Waals surface area contributed by atoms with E-state index in [4.69, 9.17) is 0 Å². The van der Waals surface area contributed by atoms with Gasteiger partial charge in [0.1, 0.15) is 11.5 Å². The van der Waals surface area contributed by atoms with Crippen molar-refractivity contribution in [3.63, 3.8) is 0 Å². The van der Waals surface area contributed by atoms with Crippen molar-refractivity contribution in [2.24, 2.45) is 0 Å². The molecule has 4 nitrogen and oxygen atoms in total. The van der Waals surface area contributed by atoms with Gasteiger partial charge in [-0.05, 0) is 59.4 Å². The van der Waals surface area contributed by atoms with Gasteiger partial charge in [0.05, 0.1) is 13.2 Å². The lowest BCUT2D eigenvalue weighted by Gasteiger charge is -2.30. The lowest BCUT2D eigenvalue weighted by molar-refractivity contribution is 0.274. The van der Waals surface area contributed by atoms with Gasteiger partial charge in [0.25, 0.3) is 0 Å². The first-order valence-corrected chi connectivity index (χ1v) is 10.9. The minimum Gasteiger partial charge on any atom is -0.507 e. The molecule has 4 N–H and O–H groups in total. The number of aliphatic hydroxyl groups excluding tert-OH is 2. The molecule has 3 rings (SSSR count). The van der Waals surface area contributed by atoms with Crippen LogP contribution < -0.4 is 0 Å². The highest BCUT2D eigenvalue weighted by molar-refractivity contribution is 5.51. The lowest BCUT2D eigenvalue weighted by Crippen LogP contribution is -2.22. The fourth-order valence-electron chi connectivity index (χ4n) is 4.30.